The molecule has 0 saturated carbocycles. The minimum absolute atomic E-state index is 0.237. The Hall–Kier alpha value is -2.87. The first-order valence-corrected chi connectivity index (χ1v) is 10.7. The summed E-state index contributed by atoms with van der Waals surface area (Å²) in [6.45, 7) is 0. The van der Waals surface area contributed by atoms with Crippen molar-refractivity contribution in [2.24, 2.45) is 0 Å². The summed E-state index contributed by atoms with van der Waals surface area (Å²) in [5, 5.41) is 2.60. The van der Waals surface area contributed by atoms with Crippen molar-refractivity contribution in [1.29, 1.82) is 0 Å². The van der Waals surface area contributed by atoms with Gasteiger partial charge in [-0.3, -0.25) is 0 Å². The molecule has 0 unspecified atom stereocenters. The highest BCUT2D eigenvalue weighted by Gasteiger charge is 2.18. The van der Waals surface area contributed by atoms with Gasteiger partial charge in [0.15, 0.2) is 0 Å². The zero-order valence-corrected chi connectivity index (χ0v) is 17.2. The second-order valence-corrected chi connectivity index (χ2v) is 8.66. The zero-order chi connectivity index (χ0) is 20.4. The van der Waals surface area contributed by atoms with Crippen molar-refractivity contribution < 1.29 is 8.42 Å². The average Bonchev–Trinajstić information content (AvgIpc) is 3.35. The Kier molecular flexibility index (Phi) is 5.27. The largest absolute Gasteiger partial charge is 0.361 e. The number of halogens is 2. The summed E-state index contributed by atoms with van der Waals surface area (Å²) in [7, 11) is -3.61. The van der Waals surface area contributed by atoms with Crippen LogP contribution in [-0.2, 0) is 10.0 Å². The molecule has 6 nitrogen and oxygen atoms in total. The molecule has 0 amide bonds. The van der Waals surface area contributed by atoms with E-state index in [-0.39, 0.29) is 10.0 Å². The van der Waals surface area contributed by atoms with Gasteiger partial charge in [0.1, 0.15) is 10.3 Å². The fourth-order valence-electron chi connectivity index (χ4n) is 2.81. The molecule has 0 atom stereocenters. The van der Waals surface area contributed by atoms with Crippen molar-refractivity contribution in [1.82, 2.24) is 18.9 Å². The standard InChI is InChI=1S/C13H9ClN2O2S.C7H5ClN2/c14-13-8-12-10(9-15-13)6-7-16(12)19(17,18)11-4-2-1-3-5-11;8-7-3-6-5(4-10-7)1-2-9-6/h1-9H;1-4,9H. The van der Waals surface area contributed by atoms with Crippen molar-refractivity contribution in [2.75, 3.05) is 0 Å². The smallest absolute Gasteiger partial charge is 0.268 e. The molecule has 0 aliphatic heterocycles. The van der Waals surface area contributed by atoms with E-state index in [1.807, 2.05) is 12.3 Å². The second kappa shape index (κ2) is 7.87. The Balaban J connectivity index is 0.000000171. The van der Waals surface area contributed by atoms with Gasteiger partial charge in [-0.2, -0.15) is 0 Å². The van der Waals surface area contributed by atoms with Crippen LogP contribution in [0.15, 0.2) is 84.3 Å². The molecule has 0 spiro atoms. The second-order valence-electron chi connectivity index (χ2n) is 6.07. The zero-order valence-electron chi connectivity index (χ0n) is 14.8. The number of hydrogen-bond donors (Lipinski definition) is 1. The molecule has 1 aromatic carbocycles. The first-order chi connectivity index (χ1) is 13.9. The van der Waals surface area contributed by atoms with Crippen LogP contribution in [0.5, 0.6) is 0 Å². The molecule has 0 aliphatic carbocycles. The predicted octanol–water partition coefficient (Wildman–Crippen LogP) is 5.14. The van der Waals surface area contributed by atoms with Crippen LogP contribution in [-0.4, -0.2) is 27.3 Å². The minimum atomic E-state index is -3.61. The lowest BCUT2D eigenvalue weighted by Crippen LogP contribution is -2.11. The number of aromatic nitrogens is 4. The summed E-state index contributed by atoms with van der Waals surface area (Å²) < 4.78 is 26.3. The van der Waals surface area contributed by atoms with Crippen LogP contribution in [0.2, 0.25) is 10.3 Å². The lowest BCUT2D eigenvalue weighted by Gasteiger charge is -2.07. The monoisotopic (exact) mass is 444 g/mol. The highest BCUT2D eigenvalue weighted by Crippen LogP contribution is 2.23. The highest BCUT2D eigenvalue weighted by molar-refractivity contribution is 7.90. The number of aromatic amines is 1. The first-order valence-electron chi connectivity index (χ1n) is 8.47. The van der Waals surface area contributed by atoms with Crippen LogP contribution in [0, 0.1) is 0 Å². The van der Waals surface area contributed by atoms with E-state index in [0.717, 1.165) is 16.3 Å². The molecule has 146 valence electrons. The summed E-state index contributed by atoms with van der Waals surface area (Å²) in [6, 6.07) is 15.3. The molecule has 0 fully saturated rings. The normalized spacial score (nSPS) is 11.4. The number of benzene rings is 1. The maximum atomic E-state index is 12.5. The van der Waals surface area contributed by atoms with Gasteiger partial charge in [0.25, 0.3) is 10.0 Å². The fraction of sp³-hybridized carbons (Fsp3) is 0. The van der Waals surface area contributed by atoms with Crippen LogP contribution >= 0.6 is 23.2 Å². The van der Waals surface area contributed by atoms with Gasteiger partial charge in [-0.1, -0.05) is 41.4 Å². The Morgan fingerprint density at radius 2 is 1.55 bits per heavy atom. The van der Waals surface area contributed by atoms with E-state index < -0.39 is 10.0 Å². The van der Waals surface area contributed by atoms with E-state index in [9.17, 15) is 8.42 Å². The van der Waals surface area contributed by atoms with E-state index in [1.54, 1.807) is 54.9 Å². The van der Waals surface area contributed by atoms with E-state index in [4.69, 9.17) is 23.2 Å². The van der Waals surface area contributed by atoms with E-state index >= 15 is 0 Å². The van der Waals surface area contributed by atoms with Crippen molar-refractivity contribution >= 4 is 55.0 Å². The number of nitrogens with one attached hydrogen (secondary N) is 1. The molecule has 9 heteroatoms. The van der Waals surface area contributed by atoms with Gasteiger partial charge < -0.3 is 4.98 Å². The predicted molar refractivity (Wildman–Crippen MR) is 115 cm³/mol. The number of nitrogens with zero attached hydrogens (tertiary/aromatic N) is 3. The van der Waals surface area contributed by atoms with Gasteiger partial charge in [-0.25, -0.2) is 22.4 Å². The number of H-pyrrole nitrogens is 1. The van der Waals surface area contributed by atoms with Crippen LogP contribution in [0.25, 0.3) is 21.8 Å². The van der Waals surface area contributed by atoms with Gasteiger partial charge in [-0.05, 0) is 30.3 Å². The maximum absolute atomic E-state index is 12.5. The molecule has 1 N–H and O–H groups in total. The number of pyridine rings is 2. The van der Waals surface area contributed by atoms with Crippen LogP contribution in [0.3, 0.4) is 0 Å². The third kappa shape index (κ3) is 3.98. The van der Waals surface area contributed by atoms with Gasteiger partial charge in [0.2, 0.25) is 0 Å². The summed E-state index contributed by atoms with van der Waals surface area (Å²) in [5.41, 5.74) is 1.55. The van der Waals surface area contributed by atoms with E-state index in [2.05, 4.69) is 15.0 Å². The van der Waals surface area contributed by atoms with Crippen LogP contribution < -0.4 is 0 Å². The molecular weight excluding hydrogens is 431 g/mol. The summed E-state index contributed by atoms with van der Waals surface area (Å²) in [6.07, 6.45) is 6.66. The van der Waals surface area contributed by atoms with Gasteiger partial charge >= 0.3 is 0 Å². The molecule has 4 heterocycles. The quantitative estimate of drug-likeness (QED) is 0.382. The SMILES string of the molecule is Clc1cc2[nH]ccc2cn1.O=S(=O)(c1ccccc1)n1ccc2cnc(Cl)cc21. The fourth-order valence-corrected chi connectivity index (χ4v) is 4.49. The van der Waals surface area contributed by atoms with Gasteiger partial charge in [-0.15, -0.1) is 0 Å². The molecule has 4 aromatic heterocycles. The number of rotatable bonds is 2. The number of fused-ring (bicyclic) bond motifs is 2. The average molecular weight is 445 g/mol. The summed E-state index contributed by atoms with van der Waals surface area (Å²) in [5.74, 6) is 0. The highest BCUT2D eigenvalue weighted by atomic mass is 35.5. The lowest BCUT2D eigenvalue weighted by molar-refractivity contribution is 0.589. The van der Waals surface area contributed by atoms with E-state index in [1.165, 1.54) is 16.2 Å². The molecule has 29 heavy (non-hydrogen) atoms. The Bertz CT molecular complexity index is 1400. The Labute approximate surface area is 176 Å². The Morgan fingerprint density at radius 1 is 0.862 bits per heavy atom. The molecule has 5 rings (SSSR count). The van der Waals surface area contributed by atoms with Gasteiger partial charge in [0.05, 0.1) is 10.4 Å². The van der Waals surface area contributed by atoms with E-state index in [0.29, 0.717) is 10.7 Å². The minimum Gasteiger partial charge on any atom is -0.361 e. The maximum Gasteiger partial charge on any atom is 0.268 e. The van der Waals surface area contributed by atoms with Crippen molar-refractivity contribution in [3.05, 3.63) is 89.7 Å². The van der Waals surface area contributed by atoms with Crippen LogP contribution in [0.4, 0.5) is 0 Å². The molecule has 5 aromatic rings. The first kappa shape index (κ1) is 19.4. The van der Waals surface area contributed by atoms with Crippen molar-refractivity contribution in [2.45, 2.75) is 4.90 Å². The van der Waals surface area contributed by atoms with Gasteiger partial charge in [0, 0.05) is 47.1 Å². The molecule has 0 bridgehead atoms. The van der Waals surface area contributed by atoms with Crippen molar-refractivity contribution in [3.8, 4) is 0 Å². The number of hydrogen-bond acceptors (Lipinski definition) is 4. The summed E-state index contributed by atoms with van der Waals surface area (Å²) >= 11 is 11.5. The van der Waals surface area contributed by atoms with Crippen LogP contribution in [0.1, 0.15) is 0 Å². The topological polar surface area (TPSA) is 80.6 Å². The Morgan fingerprint density at radius 3 is 2.31 bits per heavy atom. The molecular formula is C20H14Cl2N4O2S. The molecule has 0 saturated heterocycles. The lowest BCUT2D eigenvalue weighted by atomic mass is 10.3. The third-order valence-electron chi connectivity index (χ3n) is 4.21. The third-order valence-corrected chi connectivity index (χ3v) is 6.33. The van der Waals surface area contributed by atoms with Crippen molar-refractivity contribution in [3.63, 3.8) is 0 Å². The summed E-state index contributed by atoms with van der Waals surface area (Å²) in [4.78, 5) is 11.1. The molecule has 0 radical (unpaired) electrons. The molecule has 0 aliphatic rings.